The topological polar surface area (TPSA) is 95.9 Å². The Kier molecular flexibility index (Phi) is 5.78. The third kappa shape index (κ3) is 4.26. The van der Waals surface area contributed by atoms with Crippen LogP contribution in [-0.4, -0.2) is 28.0 Å². The van der Waals surface area contributed by atoms with Gasteiger partial charge < -0.3 is 9.84 Å². The number of aromatic carboxylic acids is 1. The van der Waals surface area contributed by atoms with Crippen molar-refractivity contribution in [1.29, 1.82) is 0 Å². The SMILES string of the molecule is O=C1NC(=S)N(c2ccc(Oc3ccccc3)cc2)C(=O)C1=Cc1ccccc1C(=O)O. The fourth-order valence-corrected chi connectivity index (χ4v) is 3.43. The van der Waals surface area contributed by atoms with E-state index in [0.717, 1.165) is 0 Å². The number of amides is 2. The number of carbonyl (C=O) groups excluding carboxylic acids is 2. The summed E-state index contributed by atoms with van der Waals surface area (Å²) in [4.78, 5) is 38.2. The summed E-state index contributed by atoms with van der Waals surface area (Å²) in [5.41, 5.74) is 0.412. The van der Waals surface area contributed by atoms with Crippen molar-refractivity contribution in [3.63, 3.8) is 0 Å². The van der Waals surface area contributed by atoms with Gasteiger partial charge in [0.25, 0.3) is 11.8 Å². The van der Waals surface area contributed by atoms with Crippen molar-refractivity contribution in [2.45, 2.75) is 0 Å². The third-order valence-electron chi connectivity index (χ3n) is 4.67. The van der Waals surface area contributed by atoms with Gasteiger partial charge in [0.05, 0.1) is 11.3 Å². The van der Waals surface area contributed by atoms with Crippen LogP contribution in [0, 0.1) is 0 Å². The lowest BCUT2D eigenvalue weighted by Gasteiger charge is -2.29. The van der Waals surface area contributed by atoms with Gasteiger partial charge in [-0.3, -0.25) is 19.8 Å². The van der Waals surface area contributed by atoms with E-state index in [2.05, 4.69) is 5.32 Å². The van der Waals surface area contributed by atoms with Crippen molar-refractivity contribution >= 4 is 46.9 Å². The van der Waals surface area contributed by atoms with Gasteiger partial charge in [0.2, 0.25) is 0 Å². The number of carbonyl (C=O) groups is 3. The van der Waals surface area contributed by atoms with Crippen molar-refractivity contribution in [2.75, 3.05) is 4.90 Å². The van der Waals surface area contributed by atoms with E-state index in [1.165, 1.54) is 23.1 Å². The van der Waals surface area contributed by atoms with Crippen molar-refractivity contribution in [2.24, 2.45) is 0 Å². The van der Waals surface area contributed by atoms with Gasteiger partial charge in [0, 0.05) is 0 Å². The van der Waals surface area contributed by atoms with Crippen molar-refractivity contribution < 1.29 is 24.2 Å². The first kappa shape index (κ1) is 21.0. The molecule has 1 aliphatic heterocycles. The second kappa shape index (κ2) is 8.83. The van der Waals surface area contributed by atoms with Crippen LogP contribution >= 0.6 is 12.2 Å². The maximum absolute atomic E-state index is 13.1. The van der Waals surface area contributed by atoms with Crippen LogP contribution in [0.2, 0.25) is 0 Å². The highest BCUT2D eigenvalue weighted by Crippen LogP contribution is 2.27. The largest absolute Gasteiger partial charge is 0.478 e. The number of hydrogen-bond donors (Lipinski definition) is 2. The van der Waals surface area contributed by atoms with E-state index in [-0.39, 0.29) is 21.8 Å². The number of nitrogens with one attached hydrogen (secondary N) is 1. The number of carboxylic acid groups (broad SMARTS) is 1. The highest BCUT2D eigenvalue weighted by Gasteiger charge is 2.34. The summed E-state index contributed by atoms with van der Waals surface area (Å²) >= 11 is 5.21. The molecule has 1 aliphatic rings. The Balaban J connectivity index is 1.64. The molecule has 0 atom stereocenters. The van der Waals surface area contributed by atoms with Gasteiger partial charge in [0.1, 0.15) is 17.1 Å². The summed E-state index contributed by atoms with van der Waals surface area (Å²) in [6.07, 6.45) is 1.25. The van der Waals surface area contributed by atoms with E-state index in [0.29, 0.717) is 17.2 Å². The van der Waals surface area contributed by atoms with Crippen molar-refractivity contribution in [3.05, 3.63) is 95.6 Å². The Morgan fingerprint density at radius 3 is 2.22 bits per heavy atom. The summed E-state index contributed by atoms with van der Waals surface area (Å²) in [7, 11) is 0. The van der Waals surface area contributed by atoms with E-state index >= 15 is 0 Å². The minimum Gasteiger partial charge on any atom is -0.478 e. The molecule has 8 heteroatoms. The Bertz CT molecular complexity index is 1250. The summed E-state index contributed by atoms with van der Waals surface area (Å²) in [6.45, 7) is 0. The second-order valence-electron chi connectivity index (χ2n) is 6.76. The normalized spacial score (nSPS) is 14.9. The number of carboxylic acids is 1. The molecule has 4 rings (SSSR count). The number of ether oxygens (including phenoxy) is 1. The monoisotopic (exact) mass is 444 g/mol. The van der Waals surface area contributed by atoms with E-state index in [1.807, 2.05) is 30.3 Å². The van der Waals surface area contributed by atoms with Crippen LogP contribution in [-0.2, 0) is 9.59 Å². The average molecular weight is 444 g/mol. The second-order valence-corrected chi connectivity index (χ2v) is 7.15. The Morgan fingerprint density at radius 2 is 1.53 bits per heavy atom. The first-order valence-electron chi connectivity index (χ1n) is 9.51. The summed E-state index contributed by atoms with van der Waals surface area (Å²) < 4.78 is 5.75. The zero-order valence-electron chi connectivity index (χ0n) is 16.5. The number of thiocarbonyl (C=S) groups is 1. The third-order valence-corrected chi connectivity index (χ3v) is 4.95. The first-order chi connectivity index (χ1) is 15.4. The highest BCUT2D eigenvalue weighted by atomic mass is 32.1. The standard InChI is InChI=1S/C24H16N2O5S/c27-21-20(14-15-6-4-5-9-19(15)23(29)30)22(28)26(24(32)25-21)16-10-12-18(13-11-16)31-17-7-2-1-3-8-17/h1-14H,(H,29,30)(H,25,27,32). The van der Waals surface area contributed by atoms with E-state index in [9.17, 15) is 19.5 Å². The van der Waals surface area contributed by atoms with Gasteiger partial charge in [-0.2, -0.15) is 0 Å². The molecule has 1 fully saturated rings. The van der Waals surface area contributed by atoms with Crippen LogP contribution in [0.3, 0.4) is 0 Å². The molecule has 2 N–H and O–H groups in total. The molecule has 0 aromatic heterocycles. The van der Waals surface area contributed by atoms with E-state index in [4.69, 9.17) is 17.0 Å². The predicted molar refractivity (Wildman–Crippen MR) is 123 cm³/mol. The minimum atomic E-state index is -1.16. The van der Waals surface area contributed by atoms with Gasteiger partial charge in [0.15, 0.2) is 5.11 Å². The van der Waals surface area contributed by atoms with Crippen LogP contribution in [0.5, 0.6) is 11.5 Å². The lowest BCUT2D eigenvalue weighted by molar-refractivity contribution is -0.122. The molecule has 7 nitrogen and oxygen atoms in total. The van der Waals surface area contributed by atoms with Gasteiger partial charge >= 0.3 is 5.97 Å². The summed E-state index contributed by atoms with van der Waals surface area (Å²) in [5.74, 6) is -1.29. The number of rotatable bonds is 5. The molecule has 0 saturated carbocycles. The molecular formula is C24H16N2O5S. The predicted octanol–water partition coefficient (Wildman–Crippen LogP) is 4.01. The molecule has 0 unspecified atom stereocenters. The zero-order valence-corrected chi connectivity index (χ0v) is 17.3. The maximum Gasteiger partial charge on any atom is 0.336 e. The fourth-order valence-electron chi connectivity index (χ4n) is 3.15. The van der Waals surface area contributed by atoms with Crippen molar-refractivity contribution in [3.8, 4) is 11.5 Å². The number of benzene rings is 3. The molecule has 0 bridgehead atoms. The molecular weight excluding hydrogens is 428 g/mol. The molecule has 1 heterocycles. The van der Waals surface area contributed by atoms with Crippen LogP contribution in [0.1, 0.15) is 15.9 Å². The van der Waals surface area contributed by atoms with Crippen LogP contribution in [0.4, 0.5) is 5.69 Å². The molecule has 158 valence electrons. The molecule has 1 saturated heterocycles. The molecule has 3 aromatic carbocycles. The molecule has 0 spiro atoms. The highest BCUT2D eigenvalue weighted by molar-refractivity contribution is 7.80. The van der Waals surface area contributed by atoms with Crippen LogP contribution in [0.25, 0.3) is 6.08 Å². The maximum atomic E-state index is 13.1. The molecule has 0 aliphatic carbocycles. The Labute approximate surface area is 188 Å². The smallest absolute Gasteiger partial charge is 0.336 e. The van der Waals surface area contributed by atoms with E-state index < -0.39 is 17.8 Å². The van der Waals surface area contributed by atoms with Gasteiger partial charge in [-0.15, -0.1) is 0 Å². The fraction of sp³-hybridized carbons (Fsp3) is 0. The van der Waals surface area contributed by atoms with Gasteiger partial charge in [-0.25, -0.2) is 4.79 Å². The van der Waals surface area contributed by atoms with Gasteiger partial charge in [-0.05, 0) is 66.3 Å². The number of anilines is 1. The summed E-state index contributed by atoms with van der Waals surface area (Å²) in [5, 5.41) is 11.8. The van der Waals surface area contributed by atoms with Crippen LogP contribution in [0.15, 0.2) is 84.4 Å². The quantitative estimate of drug-likeness (QED) is 0.351. The molecule has 0 radical (unpaired) electrons. The Hall–Kier alpha value is -4.30. The molecule has 2 amide bonds. The zero-order chi connectivity index (χ0) is 22.7. The van der Waals surface area contributed by atoms with Gasteiger partial charge in [-0.1, -0.05) is 36.4 Å². The number of hydrogen-bond acceptors (Lipinski definition) is 5. The molecule has 32 heavy (non-hydrogen) atoms. The van der Waals surface area contributed by atoms with Crippen LogP contribution < -0.4 is 15.0 Å². The number of para-hydroxylation sites is 1. The first-order valence-corrected chi connectivity index (χ1v) is 9.91. The van der Waals surface area contributed by atoms with E-state index in [1.54, 1.807) is 36.4 Å². The minimum absolute atomic E-state index is 0.0253. The summed E-state index contributed by atoms with van der Waals surface area (Å²) in [6, 6.07) is 22.0. The Morgan fingerprint density at radius 1 is 0.906 bits per heavy atom. The molecule has 3 aromatic rings. The average Bonchev–Trinajstić information content (AvgIpc) is 2.78. The lowest BCUT2D eigenvalue weighted by Crippen LogP contribution is -2.54. The van der Waals surface area contributed by atoms with Crippen molar-refractivity contribution in [1.82, 2.24) is 5.32 Å². The number of nitrogens with zero attached hydrogens (tertiary/aromatic N) is 1. The lowest BCUT2D eigenvalue weighted by atomic mass is 10.0.